The first kappa shape index (κ1) is 23.4. The topological polar surface area (TPSA) is 65.6 Å². The van der Waals surface area contributed by atoms with Crippen molar-refractivity contribution in [1.82, 2.24) is 24.3 Å². The molecule has 0 amide bonds. The summed E-state index contributed by atoms with van der Waals surface area (Å²) in [5, 5.41) is 6.33. The maximum Gasteiger partial charge on any atom is 0.292 e. The molecule has 2 aliphatic rings. The number of nitrogens with zero attached hydrogens (tertiary/aromatic N) is 5. The first-order valence-corrected chi connectivity index (χ1v) is 14.2. The van der Waals surface area contributed by atoms with Crippen LogP contribution in [0.25, 0.3) is 21.3 Å². The molecule has 2 aliphatic carbocycles. The van der Waals surface area contributed by atoms with Crippen molar-refractivity contribution in [3.8, 4) is 11.8 Å². The van der Waals surface area contributed by atoms with Crippen molar-refractivity contribution in [1.29, 1.82) is 0 Å². The summed E-state index contributed by atoms with van der Waals surface area (Å²) in [5.41, 5.74) is 2.38. The lowest BCUT2D eigenvalue weighted by Gasteiger charge is -2.34. The normalized spacial score (nSPS) is 21.0. The third-order valence-electron chi connectivity index (χ3n) is 8.25. The second-order valence-electron chi connectivity index (χ2n) is 10.5. The minimum atomic E-state index is -0.0956. The Morgan fingerprint density at radius 2 is 1.86 bits per heavy atom. The van der Waals surface area contributed by atoms with E-state index in [9.17, 15) is 4.79 Å². The van der Waals surface area contributed by atoms with Crippen LogP contribution in [0.2, 0.25) is 0 Å². The molecule has 4 aromatic heterocycles. The summed E-state index contributed by atoms with van der Waals surface area (Å²) in [7, 11) is 1.91. The molecule has 0 atom stereocenters. The highest BCUT2D eigenvalue weighted by molar-refractivity contribution is 7.19. The highest BCUT2D eigenvalue weighted by Crippen LogP contribution is 2.39. The molecular formula is C29H33N5OS. The summed E-state index contributed by atoms with van der Waals surface area (Å²) in [6.07, 6.45) is 16.5. The van der Waals surface area contributed by atoms with E-state index in [1.807, 2.05) is 29.8 Å². The highest BCUT2D eigenvalue weighted by Gasteiger charge is 2.27. The van der Waals surface area contributed by atoms with E-state index < -0.39 is 0 Å². The molecule has 6 nitrogen and oxygen atoms in total. The maximum atomic E-state index is 13.3. The standard InChI is InChI=1S/C29H33N5OS/c1-33-26-24(27-28(33)32-25(36-27)18-23-11-5-6-16-30-23)19-31-34(29(26)35)17-7-8-20-12-14-22(15-13-20)21-9-3-2-4-10-21/h5-6,11,16,19-22H,2-4,9-10,12-15,17-18H2,1H3. The van der Waals surface area contributed by atoms with Gasteiger partial charge in [0, 0.05) is 36.7 Å². The lowest BCUT2D eigenvalue weighted by molar-refractivity contribution is 0.182. The number of rotatable bonds is 4. The third-order valence-corrected chi connectivity index (χ3v) is 9.33. The van der Waals surface area contributed by atoms with Gasteiger partial charge in [-0.3, -0.25) is 9.78 Å². The first-order valence-electron chi connectivity index (χ1n) is 13.4. The third kappa shape index (κ3) is 4.59. The van der Waals surface area contributed by atoms with E-state index in [-0.39, 0.29) is 5.56 Å². The molecule has 6 rings (SSSR count). The molecule has 2 fully saturated rings. The molecule has 36 heavy (non-hydrogen) atoms. The summed E-state index contributed by atoms with van der Waals surface area (Å²) in [5.74, 6) is 9.08. The molecule has 0 bridgehead atoms. The van der Waals surface area contributed by atoms with Crippen LogP contribution in [0.15, 0.2) is 35.4 Å². The van der Waals surface area contributed by atoms with E-state index in [1.54, 1.807) is 23.7 Å². The second-order valence-corrected chi connectivity index (χ2v) is 11.6. The molecule has 0 N–H and O–H groups in total. The molecule has 186 valence electrons. The zero-order valence-corrected chi connectivity index (χ0v) is 21.8. The average molecular weight is 500 g/mol. The SMILES string of the molecule is Cn1c2nc(Cc3ccccn3)sc2c2cnn(CC#CC3CCC(C4CCCCC4)CC3)c(=O)c21. The lowest BCUT2D eigenvalue weighted by Crippen LogP contribution is -2.24. The molecular weight excluding hydrogens is 466 g/mol. The molecule has 4 aromatic rings. The van der Waals surface area contributed by atoms with Gasteiger partial charge in [0.2, 0.25) is 0 Å². The number of pyridine rings is 1. The van der Waals surface area contributed by atoms with Crippen LogP contribution >= 0.6 is 11.3 Å². The smallest absolute Gasteiger partial charge is 0.292 e. The Labute approximate surface area is 215 Å². The van der Waals surface area contributed by atoms with Gasteiger partial charge in [0.05, 0.1) is 10.9 Å². The van der Waals surface area contributed by atoms with Gasteiger partial charge in [-0.1, -0.05) is 50.0 Å². The van der Waals surface area contributed by atoms with E-state index in [2.05, 4.69) is 21.9 Å². The van der Waals surface area contributed by atoms with E-state index in [4.69, 9.17) is 4.98 Å². The van der Waals surface area contributed by atoms with Crippen molar-refractivity contribution < 1.29 is 0 Å². The largest absolute Gasteiger partial charge is 0.323 e. The number of thiazole rings is 1. The number of aromatic nitrogens is 5. The summed E-state index contributed by atoms with van der Waals surface area (Å²) >= 11 is 1.62. The fourth-order valence-corrected chi connectivity index (χ4v) is 7.40. The van der Waals surface area contributed by atoms with Gasteiger partial charge >= 0.3 is 0 Å². The number of aryl methyl sites for hydroxylation is 1. The van der Waals surface area contributed by atoms with Crippen molar-refractivity contribution in [3.05, 3.63) is 51.6 Å². The molecule has 0 spiro atoms. The molecule has 2 saturated carbocycles. The van der Waals surface area contributed by atoms with Gasteiger partial charge in [-0.05, 0) is 49.7 Å². The summed E-state index contributed by atoms with van der Waals surface area (Å²) in [4.78, 5) is 22.5. The van der Waals surface area contributed by atoms with Crippen LogP contribution < -0.4 is 5.56 Å². The molecule has 0 radical (unpaired) electrons. The van der Waals surface area contributed by atoms with E-state index >= 15 is 0 Å². The van der Waals surface area contributed by atoms with Crippen LogP contribution in [-0.2, 0) is 20.0 Å². The minimum absolute atomic E-state index is 0.0956. The van der Waals surface area contributed by atoms with Crippen LogP contribution in [-0.4, -0.2) is 24.3 Å². The zero-order chi connectivity index (χ0) is 24.5. The van der Waals surface area contributed by atoms with Crippen LogP contribution in [0.1, 0.15) is 68.5 Å². The molecule has 0 aromatic carbocycles. The Bertz CT molecular complexity index is 1470. The fraction of sp³-hybridized carbons (Fsp3) is 0.517. The predicted octanol–water partition coefficient (Wildman–Crippen LogP) is 5.72. The molecule has 0 aliphatic heterocycles. The van der Waals surface area contributed by atoms with Crippen molar-refractivity contribution in [2.75, 3.05) is 0 Å². The Morgan fingerprint density at radius 3 is 2.64 bits per heavy atom. The minimum Gasteiger partial charge on any atom is -0.323 e. The quantitative estimate of drug-likeness (QED) is 0.337. The lowest BCUT2D eigenvalue weighted by atomic mass is 9.71. The van der Waals surface area contributed by atoms with Crippen molar-refractivity contribution in [2.24, 2.45) is 24.8 Å². The Morgan fingerprint density at radius 1 is 1.06 bits per heavy atom. The molecule has 0 saturated heterocycles. The molecule has 0 unspecified atom stereocenters. The van der Waals surface area contributed by atoms with Crippen LogP contribution in [0, 0.1) is 29.6 Å². The van der Waals surface area contributed by atoms with Crippen LogP contribution in [0.3, 0.4) is 0 Å². The predicted molar refractivity (Wildman–Crippen MR) is 145 cm³/mol. The maximum absolute atomic E-state index is 13.3. The van der Waals surface area contributed by atoms with Crippen molar-refractivity contribution in [3.63, 3.8) is 0 Å². The zero-order valence-electron chi connectivity index (χ0n) is 20.9. The van der Waals surface area contributed by atoms with Gasteiger partial charge in [-0.2, -0.15) is 5.10 Å². The fourth-order valence-electron chi connectivity index (χ4n) is 6.28. The van der Waals surface area contributed by atoms with E-state index in [0.717, 1.165) is 38.3 Å². The Kier molecular flexibility index (Phi) is 6.62. The van der Waals surface area contributed by atoms with Gasteiger partial charge < -0.3 is 4.57 Å². The van der Waals surface area contributed by atoms with Gasteiger partial charge in [0.25, 0.3) is 5.56 Å². The molecule has 7 heteroatoms. The Hall–Kier alpha value is -2.98. The van der Waals surface area contributed by atoms with Crippen molar-refractivity contribution >= 4 is 32.6 Å². The molecule has 4 heterocycles. The van der Waals surface area contributed by atoms with E-state index in [0.29, 0.717) is 24.4 Å². The van der Waals surface area contributed by atoms with Crippen LogP contribution in [0.5, 0.6) is 0 Å². The Balaban J connectivity index is 1.15. The number of hydrogen-bond donors (Lipinski definition) is 0. The van der Waals surface area contributed by atoms with E-state index in [1.165, 1.54) is 62.5 Å². The average Bonchev–Trinajstić information content (AvgIpc) is 3.44. The van der Waals surface area contributed by atoms with Gasteiger partial charge in [0.1, 0.15) is 17.1 Å². The second kappa shape index (κ2) is 10.2. The monoisotopic (exact) mass is 499 g/mol. The van der Waals surface area contributed by atoms with Crippen LogP contribution in [0.4, 0.5) is 0 Å². The highest BCUT2D eigenvalue weighted by atomic mass is 32.1. The van der Waals surface area contributed by atoms with Gasteiger partial charge in [0.15, 0.2) is 5.65 Å². The summed E-state index contributed by atoms with van der Waals surface area (Å²) in [6.45, 7) is 0.342. The van der Waals surface area contributed by atoms with Gasteiger partial charge in [-0.25, -0.2) is 9.67 Å². The summed E-state index contributed by atoms with van der Waals surface area (Å²) < 4.78 is 4.42. The number of hydrogen-bond acceptors (Lipinski definition) is 5. The number of fused-ring (bicyclic) bond motifs is 3. The first-order chi connectivity index (χ1) is 17.7. The van der Waals surface area contributed by atoms with Gasteiger partial charge in [-0.15, -0.1) is 11.3 Å². The summed E-state index contributed by atoms with van der Waals surface area (Å²) in [6, 6.07) is 5.91. The van der Waals surface area contributed by atoms with Crippen molar-refractivity contribution in [2.45, 2.75) is 70.8 Å².